The molecular weight excluding hydrogens is 72.1 g/mol. The summed E-state index contributed by atoms with van der Waals surface area (Å²) in [7, 11) is 0. The van der Waals surface area contributed by atoms with Gasteiger partial charge in [-0.1, -0.05) is 24.3 Å². The van der Waals surface area contributed by atoms with Gasteiger partial charge in [-0.3, -0.25) is 0 Å². The van der Waals surface area contributed by atoms with Crippen LogP contribution in [0.15, 0.2) is 17.7 Å². The second kappa shape index (κ2) is 2.70. The largest absolute Gasteiger partial charge is 0.0847 e. The van der Waals surface area contributed by atoms with Gasteiger partial charge in [0.05, 0.1) is 0 Å². The molecule has 0 saturated heterocycles. The topological polar surface area (TPSA) is 0 Å². The highest BCUT2D eigenvalue weighted by molar-refractivity contribution is 5.09. The molecule has 6 heavy (non-hydrogen) atoms. The van der Waals surface area contributed by atoms with Crippen LogP contribution in [0.1, 0.15) is 13.8 Å². The monoisotopic (exact) mass is 81.1 g/mol. The Morgan fingerprint density at radius 2 is 2.17 bits per heavy atom. The van der Waals surface area contributed by atoms with Crippen molar-refractivity contribution in [1.82, 2.24) is 0 Å². The van der Waals surface area contributed by atoms with E-state index in [1.165, 1.54) is 0 Å². The fourth-order valence-electron chi connectivity index (χ4n) is 0.0962. The molecule has 0 amide bonds. The van der Waals surface area contributed by atoms with Gasteiger partial charge in [-0.05, 0) is 13.8 Å². The van der Waals surface area contributed by atoms with Crippen LogP contribution in [-0.4, -0.2) is 0 Å². The lowest BCUT2D eigenvalue weighted by Gasteiger charge is -1.78. The van der Waals surface area contributed by atoms with Crippen molar-refractivity contribution in [3.63, 3.8) is 0 Å². The molecule has 33 valence electrons. The molecule has 0 aromatic heterocycles. The van der Waals surface area contributed by atoms with Crippen LogP contribution in [0.4, 0.5) is 0 Å². The van der Waals surface area contributed by atoms with Crippen LogP contribution >= 0.6 is 0 Å². The van der Waals surface area contributed by atoms with Crippen molar-refractivity contribution in [1.29, 1.82) is 0 Å². The Morgan fingerprint density at radius 3 is 2.17 bits per heavy atom. The zero-order chi connectivity index (χ0) is 4.99. The van der Waals surface area contributed by atoms with Gasteiger partial charge in [-0.25, -0.2) is 0 Å². The Balaban J connectivity index is 3.50. The van der Waals surface area contributed by atoms with E-state index in [4.69, 9.17) is 6.58 Å². The van der Waals surface area contributed by atoms with E-state index in [1.54, 1.807) is 6.08 Å². The number of rotatable bonds is 1. The Hall–Kier alpha value is -0.520. The van der Waals surface area contributed by atoms with E-state index in [2.05, 4.69) is 0 Å². The smallest absolute Gasteiger partial charge is 0.0401 e. The molecule has 0 bridgehead atoms. The van der Waals surface area contributed by atoms with E-state index >= 15 is 0 Å². The number of hydrogen-bond donors (Lipinski definition) is 0. The molecule has 1 radical (unpaired) electrons. The van der Waals surface area contributed by atoms with E-state index in [-0.39, 0.29) is 0 Å². The molecule has 0 atom stereocenters. The Bertz CT molecular complexity index is 68.1. The minimum atomic E-state index is 1.12. The molecule has 0 aliphatic heterocycles. The van der Waals surface area contributed by atoms with Crippen molar-refractivity contribution in [3.8, 4) is 0 Å². The van der Waals surface area contributed by atoms with Crippen molar-refractivity contribution in [2.75, 3.05) is 0 Å². The summed E-state index contributed by atoms with van der Waals surface area (Å²) < 4.78 is 0. The zero-order valence-corrected chi connectivity index (χ0v) is 4.23. The maximum absolute atomic E-state index is 5.09. The maximum atomic E-state index is 5.09. The van der Waals surface area contributed by atoms with Gasteiger partial charge in [0, 0.05) is 0 Å². The second-order valence-corrected chi connectivity index (χ2v) is 1.20. The van der Waals surface area contributed by atoms with Gasteiger partial charge in [-0.2, -0.15) is 0 Å². The molecule has 0 heteroatoms. The highest BCUT2D eigenvalue weighted by atomic mass is 13.7. The molecule has 0 aliphatic rings. The molecule has 0 saturated carbocycles. The predicted octanol–water partition coefficient (Wildman–Crippen LogP) is 1.94. The van der Waals surface area contributed by atoms with Crippen LogP contribution < -0.4 is 0 Å². The van der Waals surface area contributed by atoms with Crippen LogP contribution in [-0.2, 0) is 0 Å². The number of hydrogen-bond acceptors (Lipinski definition) is 0. The molecule has 0 aromatic rings. The lowest BCUT2D eigenvalue weighted by Crippen LogP contribution is -1.57. The highest BCUT2D eigenvalue weighted by Crippen LogP contribution is 1.87. The summed E-state index contributed by atoms with van der Waals surface area (Å²) in [6, 6.07) is 0. The fraction of sp³-hybridized carbons (Fsp3) is 0.333. The van der Waals surface area contributed by atoms with Crippen LogP contribution in [0.25, 0.3) is 0 Å². The molecule has 0 nitrogen and oxygen atoms in total. The summed E-state index contributed by atoms with van der Waals surface area (Å²) in [6.07, 6.45) is 3.54. The highest BCUT2D eigenvalue weighted by Gasteiger charge is 1.66. The van der Waals surface area contributed by atoms with E-state index in [1.807, 2.05) is 19.9 Å². The SMILES string of the molecule is [CH]=C/C(C)=C\C. The molecule has 0 heterocycles. The summed E-state index contributed by atoms with van der Waals surface area (Å²) in [5.41, 5.74) is 1.12. The van der Waals surface area contributed by atoms with Crippen molar-refractivity contribution >= 4 is 0 Å². The molecule has 0 unspecified atom stereocenters. The van der Waals surface area contributed by atoms with E-state index in [0.29, 0.717) is 0 Å². The summed E-state index contributed by atoms with van der Waals surface area (Å²) in [4.78, 5) is 0. The van der Waals surface area contributed by atoms with E-state index in [9.17, 15) is 0 Å². The first-order valence-corrected chi connectivity index (χ1v) is 1.99. The molecule has 0 N–H and O–H groups in total. The van der Waals surface area contributed by atoms with Gasteiger partial charge >= 0.3 is 0 Å². The summed E-state index contributed by atoms with van der Waals surface area (Å²) in [5, 5.41) is 0. The van der Waals surface area contributed by atoms with Gasteiger partial charge in [-0.15, -0.1) is 0 Å². The lowest BCUT2D eigenvalue weighted by molar-refractivity contribution is 1.48. The normalized spacial score (nSPS) is 11.3. The zero-order valence-electron chi connectivity index (χ0n) is 4.23. The Morgan fingerprint density at radius 1 is 1.67 bits per heavy atom. The van der Waals surface area contributed by atoms with E-state index < -0.39 is 0 Å². The Labute approximate surface area is 39.2 Å². The molecule has 0 fully saturated rings. The van der Waals surface area contributed by atoms with Gasteiger partial charge < -0.3 is 0 Å². The number of allylic oxidation sites excluding steroid dienone is 3. The van der Waals surface area contributed by atoms with Gasteiger partial charge in [0.25, 0.3) is 0 Å². The quantitative estimate of drug-likeness (QED) is 0.423. The average Bonchev–Trinajstić information content (AvgIpc) is 1.65. The first-order chi connectivity index (χ1) is 2.81. The first-order valence-electron chi connectivity index (χ1n) is 1.99. The van der Waals surface area contributed by atoms with E-state index in [0.717, 1.165) is 5.57 Å². The molecule has 0 spiro atoms. The Kier molecular flexibility index (Phi) is 2.47. The third kappa shape index (κ3) is 1.77. The summed E-state index contributed by atoms with van der Waals surface area (Å²) in [5.74, 6) is 0. The minimum absolute atomic E-state index is 1.12. The summed E-state index contributed by atoms with van der Waals surface area (Å²) in [6.45, 7) is 9.00. The third-order valence-electron chi connectivity index (χ3n) is 0.718. The average molecular weight is 81.1 g/mol. The van der Waals surface area contributed by atoms with Crippen molar-refractivity contribution in [2.24, 2.45) is 0 Å². The maximum Gasteiger partial charge on any atom is -0.0401 e. The van der Waals surface area contributed by atoms with Crippen molar-refractivity contribution < 1.29 is 0 Å². The standard InChI is InChI=1S/C6H9/c1-4-6(3)5-2/h1,4-5H,2-3H3/b4-1?,6-5-. The second-order valence-electron chi connectivity index (χ2n) is 1.20. The van der Waals surface area contributed by atoms with Crippen molar-refractivity contribution in [3.05, 3.63) is 24.3 Å². The summed E-state index contributed by atoms with van der Waals surface area (Å²) >= 11 is 0. The van der Waals surface area contributed by atoms with Crippen LogP contribution in [0.2, 0.25) is 0 Å². The van der Waals surface area contributed by atoms with Crippen molar-refractivity contribution in [2.45, 2.75) is 13.8 Å². The lowest BCUT2D eigenvalue weighted by atomic mass is 10.3. The van der Waals surface area contributed by atoms with Gasteiger partial charge in [0.1, 0.15) is 0 Å². The van der Waals surface area contributed by atoms with Crippen LogP contribution in [0.3, 0.4) is 0 Å². The predicted molar refractivity (Wildman–Crippen MR) is 28.3 cm³/mol. The van der Waals surface area contributed by atoms with Gasteiger partial charge in [0.15, 0.2) is 0 Å². The molecule has 0 rings (SSSR count). The third-order valence-corrected chi connectivity index (χ3v) is 0.718. The van der Waals surface area contributed by atoms with Crippen LogP contribution in [0, 0.1) is 6.58 Å². The minimum Gasteiger partial charge on any atom is -0.0847 e. The van der Waals surface area contributed by atoms with Gasteiger partial charge in [0.2, 0.25) is 0 Å². The fourth-order valence-corrected chi connectivity index (χ4v) is 0.0962. The van der Waals surface area contributed by atoms with Crippen LogP contribution in [0.5, 0.6) is 0 Å². The molecular formula is C6H9. The first kappa shape index (κ1) is 5.48. The molecule has 0 aromatic carbocycles. The molecule has 0 aliphatic carbocycles.